The van der Waals surface area contributed by atoms with Crippen molar-refractivity contribution in [2.45, 2.75) is 55.8 Å². The van der Waals surface area contributed by atoms with Crippen molar-refractivity contribution in [1.29, 1.82) is 0 Å². The van der Waals surface area contributed by atoms with Crippen molar-refractivity contribution in [2.75, 3.05) is 6.61 Å². The van der Waals surface area contributed by atoms with Crippen LogP contribution in [-0.4, -0.2) is 41.4 Å². The number of hydrogen-bond acceptors (Lipinski definition) is 2. The molecule has 2 fully saturated rings. The minimum Gasteiger partial charge on any atom is -0.394 e. The molecule has 2 amide bonds. The number of aliphatic hydroxyl groups excluding tert-OH is 1. The molecule has 0 unspecified atom stereocenters. The fraction of sp³-hybridized carbons (Fsp3) is 0.909. The van der Waals surface area contributed by atoms with Crippen molar-refractivity contribution in [3.63, 3.8) is 0 Å². The van der Waals surface area contributed by atoms with E-state index in [4.69, 9.17) is 5.11 Å². The zero-order valence-electron chi connectivity index (χ0n) is 9.89. The summed E-state index contributed by atoms with van der Waals surface area (Å²) in [6.45, 7) is -0.542. The number of carbonyl (C=O) groups is 1. The quantitative estimate of drug-likeness (QED) is 0.722. The standard InChI is InChI=1S/C11H17F3N2O2/c12-7-2-1-3-8(7)15-9(18)16-10(6-17)4-11(13,14)5-10/h7-8,17H,1-6H2,(H2,15,16,18)/t7-,8+/m0/s1. The lowest BCUT2D eigenvalue weighted by Gasteiger charge is -2.46. The Morgan fingerprint density at radius 1 is 1.33 bits per heavy atom. The molecule has 0 bridgehead atoms. The molecule has 2 atom stereocenters. The van der Waals surface area contributed by atoms with Gasteiger partial charge in [-0.15, -0.1) is 0 Å². The van der Waals surface area contributed by atoms with E-state index in [2.05, 4.69) is 10.6 Å². The molecule has 3 N–H and O–H groups in total. The Labute approximate surface area is 103 Å². The molecule has 2 rings (SSSR count). The summed E-state index contributed by atoms with van der Waals surface area (Å²) in [5.74, 6) is -2.84. The molecule has 0 aromatic carbocycles. The van der Waals surface area contributed by atoms with E-state index in [1.165, 1.54) is 0 Å². The van der Waals surface area contributed by atoms with Crippen molar-refractivity contribution in [1.82, 2.24) is 10.6 Å². The van der Waals surface area contributed by atoms with Gasteiger partial charge in [0.25, 0.3) is 5.92 Å². The molecule has 2 aliphatic rings. The Morgan fingerprint density at radius 2 is 2.00 bits per heavy atom. The van der Waals surface area contributed by atoms with Crippen LogP contribution in [-0.2, 0) is 0 Å². The summed E-state index contributed by atoms with van der Waals surface area (Å²) in [5, 5.41) is 13.8. The summed E-state index contributed by atoms with van der Waals surface area (Å²) in [6, 6.07) is -1.24. The zero-order valence-corrected chi connectivity index (χ0v) is 9.89. The Morgan fingerprint density at radius 3 is 2.44 bits per heavy atom. The molecule has 0 radical (unpaired) electrons. The van der Waals surface area contributed by atoms with Crippen molar-refractivity contribution in [2.24, 2.45) is 0 Å². The summed E-state index contributed by atoms with van der Waals surface area (Å²) in [5.41, 5.74) is -1.27. The lowest BCUT2D eigenvalue weighted by molar-refractivity contribution is -0.142. The van der Waals surface area contributed by atoms with Crippen molar-refractivity contribution in [3.8, 4) is 0 Å². The van der Waals surface area contributed by atoms with Crippen molar-refractivity contribution in [3.05, 3.63) is 0 Å². The van der Waals surface area contributed by atoms with Gasteiger partial charge in [-0.2, -0.15) is 0 Å². The van der Waals surface area contributed by atoms with Crippen LogP contribution in [0, 0.1) is 0 Å². The third kappa shape index (κ3) is 2.71. The Hall–Kier alpha value is -0.980. The number of amides is 2. The topological polar surface area (TPSA) is 61.4 Å². The van der Waals surface area contributed by atoms with Gasteiger partial charge in [-0.25, -0.2) is 18.0 Å². The summed E-state index contributed by atoms with van der Waals surface area (Å²) < 4.78 is 38.9. The first kappa shape index (κ1) is 13.5. The van der Waals surface area contributed by atoms with Crippen LogP contribution in [0.1, 0.15) is 32.1 Å². The molecular formula is C11H17F3N2O2. The average Bonchev–Trinajstić information content (AvgIpc) is 2.61. The normalized spacial score (nSPS) is 32.7. The maximum Gasteiger partial charge on any atom is 0.315 e. The van der Waals surface area contributed by atoms with E-state index in [0.29, 0.717) is 19.3 Å². The molecule has 0 saturated heterocycles. The Kier molecular flexibility index (Phi) is 3.44. The van der Waals surface area contributed by atoms with E-state index in [1.807, 2.05) is 0 Å². The van der Waals surface area contributed by atoms with Crippen molar-refractivity contribution < 1.29 is 23.1 Å². The molecule has 0 heterocycles. The maximum absolute atomic E-state index is 13.3. The van der Waals surface area contributed by atoms with Crippen LogP contribution in [0.15, 0.2) is 0 Å². The second kappa shape index (κ2) is 4.60. The maximum atomic E-state index is 13.3. The van der Waals surface area contributed by atoms with Crippen LogP contribution in [0.25, 0.3) is 0 Å². The van der Waals surface area contributed by atoms with E-state index < -0.39 is 49.2 Å². The number of halogens is 3. The third-order valence-electron chi connectivity index (χ3n) is 3.62. The largest absolute Gasteiger partial charge is 0.394 e. The van der Waals surface area contributed by atoms with Gasteiger partial charge < -0.3 is 15.7 Å². The number of hydrogen-bond donors (Lipinski definition) is 3. The lowest BCUT2D eigenvalue weighted by Crippen LogP contribution is -2.66. The highest BCUT2D eigenvalue weighted by Crippen LogP contribution is 2.45. The summed E-state index contributed by atoms with van der Waals surface area (Å²) in [4.78, 5) is 11.6. The van der Waals surface area contributed by atoms with Crippen LogP contribution >= 0.6 is 0 Å². The molecule has 18 heavy (non-hydrogen) atoms. The molecule has 4 nitrogen and oxygen atoms in total. The highest BCUT2D eigenvalue weighted by molar-refractivity contribution is 5.75. The number of carbonyl (C=O) groups excluding carboxylic acids is 1. The third-order valence-corrected chi connectivity index (χ3v) is 3.62. The second-order valence-electron chi connectivity index (χ2n) is 5.30. The number of urea groups is 1. The van der Waals surface area contributed by atoms with Gasteiger partial charge in [0.05, 0.1) is 18.2 Å². The molecule has 2 saturated carbocycles. The molecule has 7 heteroatoms. The minimum absolute atomic E-state index is 0.411. The molecule has 0 aromatic heterocycles. The monoisotopic (exact) mass is 266 g/mol. The molecule has 0 spiro atoms. The second-order valence-corrected chi connectivity index (χ2v) is 5.30. The van der Waals surface area contributed by atoms with Crippen LogP contribution in [0.5, 0.6) is 0 Å². The highest BCUT2D eigenvalue weighted by Gasteiger charge is 2.57. The Balaban J connectivity index is 1.83. The molecule has 0 aromatic rings. The summed E-state index contributed by atoms with van der Waals surface area (Å²) in [7, 11) is 0. The van der Waals surface area contributed by atoms with Gasteiger partial charge in [0.15, 0.2) is 0 Å². The van der Waals surface area contributed by atoms with Gasteiger partial charge >= 0.3 is 6.03 Å². The number of aliphatic hydroxyl groups is 1. The summed E-state index contributed by atoms with van der Waals surface area (Å²) >= 11 is 0. The van der Waals surface area contributed by atoms with E-state index in [-0.39, 0.29) is 0 Å². The summed E-state index contributed by atoms with van der Waals surface area (Å²) in [6.07, 6.45) is -0.564. The van der Waals surface area contributed by atoms with Gasteiger partial charge in [-0.05, 0) is 19.3 Å². The smallest absolute Gasteiger partial charge is 0.315 e. The molecular weight excluding hydrogens is 249 g/mol. The van der Waals surface area contributed by atoms with Gasteiger partial charge in [0.1, 0.15) is 6.17 Å². The van der Waals surface area contributed by atoms with Crippen LogP contribution in [0.3, 0.4) is 0 Å². The fourth-order valence-electron chi connectivity index (χ4n) is 2.70. The first-order valence-electron chi connectivity index (χ1n) is 6.07. The van der Waals surface area contributed by atoms with Gasteiger partial charge in [-0.1, -0.05) is 0 Å². The van der Waals surface area contributed by atoms with Crippen LogP contribution < -0.4 is 10.6 Å². The van der Waals surface area contributed by atoms with Crippen LogP contribution in [0.4, 0.5) is 18.0 Å². The van der Waals surface area contributed by atoms with Gasteiger partial charge in [0.2, 0.25) is 0 Å². The van der Waals surface area contributed by atoms with E-state index in [9.17, 15) is 18.0 Å². The van der Waals surface area contributed by atoms with Gasteiger partial charge in [-0.3, -0.25) is 0 Å². The number of rotatable bonds is 3. The minimum atomic E-state index is -2.84. The molecule has 2 aliphatic carbocycles. The first-order chi connectivity index (χ1) is 8.36. The Bertz CT molecular complexity index is 330. The molecule has 0 aliphatic heterocycles. The number of alkyl halides is 3. The van der Waals surface area contributed by atoms with E-state index >= 15 is 0 Å². The van der Waals surface area contributed by atoms with E-state index in [0.717, 1.165) is 0 Å². The lowest BCUT2D eigenvalue weighted by atomic mass is 9.74. The SMILES string of the molecule is O=C(N[C@@H]1CCC[C@@H]1F)NC1(CO)CC(F)(F)C1. The zero-order chi connectivity index (χ0) is 13.4. The van der Waals surface area contributed by atoms with E-state index in [1.54, 1.807) is 0 Å². The van der Waals surface area contributed by atoms with Crippen LogP contribution in [0.2, 0.25) is 0 Å². The first-order valence-corrected chi connectivity index (χ1v) is 6.07. The number of nitrogens with one attached hydrogen (secondary N) is 2. The molecule has 104 valence electrons. The van der Waals surface area contributed by atoms with Crippen molar-refractivity contribution >= 4 is 6.03 Å². The predicted octanol–water partition coefficient (Wildman–Crippen LogP) is 1.34. The average molecular weight is 266 g/mol. The fourth-order valence-corrected chi connectivity index (χ4v) is 2.70. The highest BCUT2D eigenvalue weighted by atomic mass is 19.3. The predicted molar refractivity (Wildman–Crippen MR) is 58.2 cm³/mol. The van der Waals surface area contributed by atoms with Gasteiger partial charge in [0, 0.05) is 12.8 Å².